The maximum atomic E-state index is 11.8. The number of carbonyl (C=O) groups is 1. The Balaban J connectivity index is 1.82. The van der Waals surface area contributed by atoms with Crippen molar-refractivity contribution in [1.82, 2.24) is 0 Å². The lowest BCUT2D eigenvalue weighted by Gasteiger charge is -2.05. The molecule has 0 spiro atoms. The average Bonchev–Trinajstić information content (AvgIpc) is 2.42. The summed E-state index contributed by atoms with van der Waals surface area (Å²) < 4.78 is 6.52. The van der Waals surface area contributed by atoms with E-state index in [1.807, 2.05) is 54.6 Å². The predicted molar refractivity (Wildman–Crippen MR) is 75.0 cm³/mol. The molecule has 2 rings (SSSR count). The minimum absolute atomic E-state index is 0.104. The Bertz CT molecular complexity index is 506. The van der Waals surface area contributed by atoms with Gasteiger partial charge in [-0.1, -0.05) is 46.3 Å². The molecule has 18 heavy (non-hydrogen) atoms. The van der Waals surface area contributed by atoms with Gasteiger partial charge in [-0.2, -0.15) is 0 Å². The Kier molecular flexibility index (Phi) is 4.53. The van der Waals surface area contributed by atoms with Crippen LogP contribution >= 0.6 is 15.9 Å². The van der Waals surface area contributed by atoms with Crippen LogP contribution in [0.3, 0.4) is 0 Å². The van der Waals surface area contributed by atoms with Crippen molar-refractivity contribution in [2.75, 3.05) is 6.61 Å². The maximum absolute atomic E-state index is 11.8. The van der Waals surface area contributed by atoms with Gasteiger partial charge >= 0.3 is 0 Å². The van der Waals surface area contributed by atoms with Gasteiger partial charge in [-0.15, -0.1) is 0 Å². The number of rotatable bonds is 5. The van der Waals surface area contributed by atoms with Crippen molar-refractivity contribution in [1.29, 1.82) is 0 Å². The van der Waals surface area contributed by atoms with E-state index in [1.54, 1.807) is 0 Å². The molecule has 0 bridgehead atoms. The summed E-state index contributed by atoms with van der Waals surface area (Å²) in [5, 5.41) is 0. The van der Waals surface area contributed by atoms with Crippen molar-refractivity contribution in [3.63, 3.8) is 0 Å². The van der Waals surface area contributed by atoms with E-state index in [2.05, 4.69) is 15.9 Å². The molecule has 0 atom stereocenters. The zero-order valence-corrected chi connectivity index (χ0v) is 11.4. The van der Waals surface area contributed by atoms with Gasteiger partial charge in [0.1, 0.15) is 5.75 Å². The zero-order chi connectivity index (χ0) is 12.8. The van der Waals surface area contributed by atoms with Crippen molar-refractivity contribution in [2.24, 2.45) is 0 Å². The van der Waals surface area contributed by atoms with E-state index in [0.29, 0.717) is 13.0 Å². The van der Waals surface area contributed by atoms with Gasteiger partial charge in [-0.05, 0) is 24.3 Å². The summed E-state index contributed by atoms with van der Waals surface area (Å²) >= 11 is 3.36. The van der Waals surface area contributed by atoms with E-state index in [-0.39, 0.29) is 5.78 Å². The van der Waals surface area contributed by atoms with Crippen LogP contribution in [0.25, 0.3) is 0 Å². The Morgan fingerprint density at radius 2 is 1.67 bits per heavy atom. The Morgan fingerprint density at radius 1 is 1.00 bits per heavy atom. The number of hydrogen-bond donors (Lipinski definition) is 0. The van der Waals surface area contributed by atoms with Gasteiger partial charge in [-0.25, -0.2) is 0 Å². The summed E-state index contributed by atoms with van der Waals surface area (Å²) in [7, 11) is 0. The monoisotopic (exact) mass is 304 g/mol. The number of hydrogen-bond acceptors (Lipinski definition) is 2. The summed E-state index contributed by atoms with van der Waals surface area (Å²) in [5.41, 5.74) is 0.733. The van der Waals surface area contributed by atoms with E-state index in [9.17, 15) is 4.79 Å². The predicted octanol–water partition coefficient (Wildman–Crippen LogP) is 4.10. The minimum Gasteiger partial charge on any atom is -0.493 e. The molecule has 2 aromatic carbocycles. The van der Waals surface area contributed by atoms with Gasteiger partial charge in [0.05, 0.1) is 6.61 Å². The number of benzene rings is 2. The lowest BCUT2D eigenvalue weighted by atomic mass is 10.1. The maximum Gasteiger partial charge on any atom is 0.166 e. The topological polar surface area (TPSA) is 26.3 Å². The van der Waals surface area contributed by atoms with Crippen LogP contribution in [0, 0.1) is 0 Å². The smallest absolute Gasteiger partial charge is 0.166 e. The molecule has 0 amide bonds. The SMILES string of the molecule is O=C(CCOc1ccc(Br)cc1)c1ccccc1. The van der Waals surface area contributed by atoms with E-state index < -0.39 is 0 Å². The number of Topliss-reactive ketones (excluding diaryl/α,β-unsaturated/α-hetero) is 1. The van der Waals surface area contributed by atoms with Crippen LogP contribution in [-0.4, -0.2) is 12.4 Å². The van der Waals surface area contributed by atoms with Crippen molar-refractivity contribution < 1.29 is 9.53 Å². The summed E-state index contributed by atoms with van der Waals surface area (Å²) in [6, 6.07) is 16.8. The van der Waals surface area contributed by atoms with Gasteiger partial charge in [0.2, 0.25) is 0 Å². The third kappa shape index (κ3) is 3.70. The Labute approximate surface area is 115 Å². The molecule has 2 nitrogen and oxygen atoms in total. The molecule has 0 saturated heterocycles. The molecule has 0 heterocycles. The molecule has 0 saturated carbocycles. The van der Waals surface area contributed by atoms with Crippen molar-refractivity contribution >= 4 is 21.7 Å². The fourth-order valence-corrected chi connectivity index (χ4v) is 1.83. The van der Waals surface area contributed by atoms with Crippen LogP contribution in [0.4, 0.5) is 0 Å². The molecule has 0 aromatic heterocycles. The Hall–Kier alpha value is -1.61. The highest BCUT2D eigenvalue weighted by Crippen LogP contribution is 2.16. The van der Waals surface area contributed by atoms with Gasteiger partial charge in [0, 0.05) is 16.5 Å². The zero-order valence-electron chi connectivity index (χ0n) is 9.80. The second-order valence-corrected chi connectivity index (χ2v) is 4.76. The fourth-order valence-electron chi connectivity index (χ4n) is 1.56. The summed E-state index contributed by atoms with van der Waals surface area (Å²) in [4.78, 5) is 11.8. The standard InChI is InChI=1S/C15H13BrO2/c16-13-6-8-14(9-7-13)18-11-10-15(17)12-4-2-1-3-5-12/h1-9H,10-11H2. The second kappa shape index (κ2) is 6.36. The number of ether oxygens (including phenoxy) is 1. The third-order valence-corrected chi connectivity index (χ3v) is 3.04. The van der Waals surface area contributed by atoms with E-state index in [0.717, 1.165) is 15.8 Å². The lowest BCUT2D eigenvalue weighted by molar-refractivity contribution is 0.0962. The van der Waals surface area contributed by atoms with Crippen LogP contribution in [0.5, 0.6) is 5.75 Å². The number of halogens is 1. The lowest BCUT2D eigenvalue weighted by Crippen LogP contribution is -2.06. The minimum atomic E-state index is 0.104. The molecule has 0 N–H and O–H groups in total. The largest absolute Gasteiger partial charge is 0.493 e. The van der Waals surface area contributed by atoms with Crippen LogP contribution in [0.2, 0.25) is 0 Å². The molecular formula is C15H13BrO2. The Morgan fingerprint density at radius 3 is 2.33 bits per heavy atom. The fraction of sp³-hybridized carbons (Fsp3) is 0.133. The van der Waals surface area contributed by atoms with Gasteiger partial charge in [0.15, 0.2) is 5.78 Å². The van der Waals surface area contributed by atoms with E-state index in [1.165, 1.54) is 0 Å². The molecule has 0 aliphatic rings. The van der Waals surface area contributed by atoms with Gasteiger partial charge in [-0.3, -0.25) is 4.79 Å². The number of carbonyl (C=O) groups excluding carboxylic acids is 1. The first-order valence-corrected chi connectivity index (χ1v) is 6.51. The highest BCUT2D eigenvalue weighted by Gasteiger charge is 2.04. The second-order valence-electron chi connectivity index (χ2n) is 3.84. The quantitative estimate of drug-likeness (QED) is 0.777. The first-order valence-electron chi connectivity index (χ1n) is 5.72. The van der Waals surface area contributed by atoms with Crippen LogP contribution in [0.15, 0.2) is 59.1 Å². The molecule has 92 valence electrons. The van der Waals surface area contributed by atoms with E-state index in [4.69, 9.17) is 4.74 Å². The molecule has 0 fully saturated rings. The molecule has 0 aliphatic heterocycles. The summed E-state index contributed by atoms with van der Waals surface area (Å²) in [5.74, 6) is 0.881. The van der Waals surface area contributed by atoms with Crippen molar-refractivity contribution in [3.05, 3.63) is 64.6 Å². The molecule has 3 heteroatoms. The first kappa shape index (κ1) is 12.8. The third-order valence-electron chi connectivity index (χ3n) is 2.51. The van der Waals surface area contributed by atoms with E-state index >= 15 is 0 Å². The van der Waals surface area contributed by atoms with Gasteiger partial charge < -0.3 is 4.74 Å². The number of ketones is 1. The molecule has 0 unspecified atom stereocenters. The van der Waals surface area contributed by atoms with Crippen molar-refractivity contribution in [2.45, 2.75) is 6.42 Å². The average molecular weight is 305 g/mol. The van der Waals surface area contributed by atoms with Crippen LogP contribution < -0.4 is 4.74 Å². The summed E-state index contributed by atoms with van der Waals surface area (Å²) in [6.07, 6.45) is 0.389. The van der Waals surface area contributed by atoms with Crippen LogP contribution in [-0.2, 0) is 0 Å². The molecule has 2 aromatic rings. The van der Waals surface area contributed by atoms with Crippen LogP contribution in [0.1, 0.15) is 16.8 Å². The molecular weight excluding hydrogens is 292 g/mol. The highest BCUT2D eigenvalue weighted by atomic mass is 79.9. The normalized spacial score (nSPS) is 10.1. The molecule has 0 aliphatic carbocycles. The molecule has 0 radical (unpaired) electrons. The summed E-state index contributed by atoms with van der Waals surface area (Å²) in [6.45, 7) is 0.398. The first-order chi connectivity index (χ1) is 8.75. The van der Waals surface area contributed by atoms with Crippen molar-refractivity contribution in [3.8, 4) is 5.75 Å². The highest BCUT2D eigenvalue weighted by molar-refractivity contribution is 9.10. The van der Waals surface area contributed by atoms with Gasteiger partial charge in [0.25, 0.3) is 0 Å².